The Kier molecular flexibility index (Phi) is 2.93. The van der Waals surface area contributed by atoms with E-state index in [0.29, 0.717) is 12.2 Å². The predicted octanol–water partition coefficient (Wildman–Crippen LogP) is 0.431. The molecule has 0 spiro atoms. The highest BCUT2D eigenvalue weighted by molar-refractivity contribution is 5.98. The van der Waals surface area contributed by atoms with Gasteiger partial charge >= 0.3 is 0 Å². The number of hydrogen-bond acceptors (Lipinski definition) is 4. The summed E-state index contributed by atoms with van der Waals surface area (Å²) in [4.78, 5) is 12.9. The third-order valence-corrected chi connectivity index (χ3v) is 2.24. The number of β-amino-alcohol motifs (C(OH)–C–C–N with tert-alkyl or cyclic N) is 1. The van der Waals surface area contributed by atoms with E-state index < -0.39 is 11.9 Å². The molecule has 2 N–H and O–H groups in total. The number of rotatable bonds is 2. The Bertz CT molecular complexity index is 247. The van der Waals surface area contributed by atoms with Gasteiger partial charge in [0.25, 0.3) is 0 Å². The minimum absolute atomic E-state index is 0.294. The lowest BCUT2D eigenvalue weighted by Crippen LogP contribution is -2.42. The van der Waals surface area contributed by atoms with Crippen LogP contribution in [0.4, 0.5) is 0 Å². The molecule has 0 fully saturated rings. The van der Waals surface area contributed by atoms with Crippen molar-refractivity contribution in [1.29, 1.82) is 0 Å². The number of aliphatic hydroxyl groups excluding tert-OH is 2. The maximum atomic E-state index is 11.1. The summed E-state index contributed by atoms with van der Waals surface area (Å²) >= 11 is 0. The van der Waals surface area contributed by atoms with E-state index in [0.717, 1.165) is 13.0 Å². The summed E-state index contributed by atoms with van der Waals surface area (Å²) in [5.74, 6) is -0.864. The Morgan fingerprint density at radius 1 is 1.62 bits per heavy atom. The lowest BCUT2D eigenvalue weighted by molar-refractivity contribution is -0.128. The van der Waals surface area contributed by atoms with Crippen molar-refractivity contribution in [2.24, 2.45) is 0 Å². The molecule has 1 atom stereocenters. The maximum Gasteiger partial charge on any atom is 0.229 e. The number of Topliss-reactive ketones (excluding diaryl/α,β-unsaturated/α-hetero) is 1. The average Bonchev–Trinajstić information content (AvgIpc) is 2.11. The molecule has 1 heterocycles. The SMILES string of the molecule is CCCN1CC(O)C(=O)C(O)=C1C. The standard InChI is InChI=1S/C9H15NO3/c1-3-4-10-5-7(11)9(13)8(12)6(10)2/h7,11-12H,3-5H2,1-2H3. The number of allylic oxidation sites excluding steroid dienone is 1. The summed E-state index contributed by atoms with van der Waals surface area (Å²) < 4.78 is 0. The Hall–Kier alpha value is -1.03. The number of ketones is 1. The van der Waals surface area contributed by atoms with E-state index in [1.165, 1.54) is 0 Å². The van der Waals surface area contributed by atoms with Crippen LogP contribution >= 0.6 is 0 Å². The second kappa shape index (κ2) is 3.79. The van der Waals surface area contributed by atoms with Gasteiger partial charge < -0.3 is 15.1 Å². The van der Waals surface area contributed by atoms with Crippen LogP contribution in [-0.2, 0) is 4.79 Å². The Morgan fingerprint density at radius 3 is 2.77 bits per heavy atom. The fourth-order valence-corrected chi connectivity index (χ4v) is 1.44. The first-order valence-electron chi connectivity index (χ1n) is 4.45. The molecule has 0 aromatic rings. The van der Waals surface area contributed by atoms with Crippen molar-refractivity contribution in [3.05, 3.63) is 11.5 Å². The van der Waals surface area contributed by atoms with Crippen molar-refractivity contribution in [1.82, 2.24) is 4.90 Å². The van der Waals surface area contributed by atoms with Gasteiger partial charge in [-0.15, -0.1) is 0 Å². The van der Waals surface area contributed by atoms with Crippen molar-refractivity contribution in [3.8, 4) is 0 Å². The molecule has 0 saturated carbocycles. The van der Waals surface area contributed by atoms with Crippen LogP contribution in [0.25, 0.3) is 0 Å². The van der Waals surface area contributed by atoms with Gasteiger partial charge in [0.2, 0.25) is 5.78 Å². The van der Waals surface area contributed by atoms with Crippen molar-refractivity contribution in [2.75, 3.05) is 13.1 Å². The van der Waals surface area contributed by atoms with E-state index >= 15 is 0 Å². The van der Waals surface area contributed by atoms with Crippen LogP contribution in [0.3, 0.4) is 0 Å². The topological polar surface area (TPSA) is 60.8 Å². The third kappa shape index (κ3) is 1.83. The average molecular weight is 185 g/mol. The zero-order chi connectivity index (χ0) is 10.0. The van der Waals surface area contributed by atoms with Gasteiger partial charge in [-0.05, 0) is 13.3 Å². The van der Waals surface area contributed by atoms with Crippen LogP contribution in [0, 0.1) is 0 Å². The summed E-state index contributed by atoms with van der Waals surface area (Å²) in [5.41, 5.74) is 0.567. The molecule has 4 heteroatoms. The Morgan fingerprint density at radius 2 is 2.23 bits per heavy atom. The first-order valence-corrected chi connectivity index (χ1v) is 4.45. The molecule has 0 bridgehead atoms. The molecule has 1 unspecified atom stereocenters. The molecule has 0 amide bonds. The second-order valence-corrected chi connectivity index (χ2v) is 3.26. The van der Waals surface area contributed by atoms with Gasteiger partial charge in [0.1, 0.15) is 6.10 Å². The van der Waals surface area contributed by atoms with E-state index in [-0.39, 0.29) is 5.76 Å². The summed E-state index contributed by atoms with van der Waals surface area (Å²) in [6.45, 7) is 4.74. The molecule has 0 radical (unpaired) electrons. The minimum Gasteiger partial charge on any atom is -0.503 e. The molecule has 1 aliphatic heterocycles. The molecule has 0 aromatic carbocycles. The first-order chi connectivity index (χ1) is 6.07. The van der Waals surface area contributed by atoms with Crippen molar-refractivity contribution >= 4 is 5.78 Å². The molecule has 13 heavy (non-hydrogen) atoms. The highest BCUT2D eigenvalue weighted by atomic mass is 16.3. The van der Waals surface area contributed by atoms with Crippen LogP contribution in [0.1, 0.15) is 20.3 Å². The smallest absolute Gasteiger partial charge is 0.229 e. The van der Waals surface area contributed by atoms with Crippen molar-refractivity contribution in [2.45, 2.75) is 26.4 Å². The van der Waals surface area contributed by atoms with Crippen LogP contribution < -0.4 is 0 Å². The molecular weight excluding hydrogens is 170 g/mol. The largest absolute Gasteiger partial charge is 0.503 e. The Labute approximate surface area is 77.5 Å². The zero-order valence-corrected chi connectivity index (χ0v) is 7.95. The molecule has 1 aliphatic rings. The molecule has 0 aromatic heterocycles. The van der Waals surface area contributed by atoms with E-state index in [1.807, 2.05) is 11.8 Å². The van der Waals surface area contributed by atoms with E-state index in [2.05, 4.69) is 0 Å². The van der Waals surface area contributed by atoms with Crippen LogP contribution in [0.2, 0.25) is 0 Å². The summed E-state index contributed by atoms with van der Waals surface area (Å²) in [5, 5.41) is 18.6. The fraction of sp³-hybridized carbons (Fsp3) is 0.667. The second-order valence-electron chi connectivity index (χ2n) is 3.26. The third-order valence-electron chi connectivity index (χ3n) is 2.24. The summed E-state index contributed by atoms with van der Waals surface area (Å²) in [6, 6.07) is 0. The van der Waals surface area contributed by atoms with Crippen molar-refractivity contribution < 1.29 is 15.0 Å². The van der Waals surface area contributed by atoms with Crippen LogP contribution in [0.15, 0.2) is 11.5 Å². The summed E-state index contributed by atoms with van der Waals surface area (Å²) in [7, 11) is 0. The van der Waals surface area contributed by atoms with E-state index in [9.17, 15) is 15.0 Å². The predicted molar refractivity (Wildman–Crippen MR) is 48.2 cm³/mol. The summed E-state index contributed by atoms with van der Waals surface area (Å²) in [6.07, 6.45) is -0.152. The monoisotopic (exact) mass is 185 g/mol. The molecular formula is C9H15NO3. The fourth-order valence-electron chi connectivity index (χ4n) is 1.44. The van der Waals surface area contributed by atoms with E-state index in [4.69, 9.17) is 0 Å². The van der Waals surface area contributed by atoms with Gasteiger partial charge in [0.05, 0.1) is 12.2 Å². The minimum atomic E-state index is -1.07. The van der Waals surface area contributed by atoms with Gasteiger partial charge in [0.15, 0.2) is 5.76 Å². The number of carbonyl (C=O) groups is 1. The zero-order valence-electron chi connectivity index (χ0n) is 7.95. The lowest BCUT2D eigenvalue weighted by Gasteiger charge is -2.31. The maximum absolute atomic E-state index is 11.1. The Balaban J connectivity index is 2.86. The van der Waals surface area contributed by atoms with Crippen molar-refractivity contribution in [3.63, 3.8) is 0 Å². The normalized spacial score (nSPS) is 24.1. The lowest BCUT2D eigenvalue weighted by atomic mass is 10.1. The number of nitrogens with zero attached hydrogens (tertiary/aromatic N) is 1. The van der Waals surface area contributed by atoms with Crippen LogP contribution in [0.5, 0.6) is 0 Å². The molecule has 4 nitrogen and oxygen atoms in total. The molecule has 0 aliphatic carbocycles. The van der Waals surface area contributed by atoms with Gasteiger partial charge in [-0.25, -0.2) is 0 Å². The molecule has 0 saturated heterocycles. The highest BCUT2D eigenvalue weighted by Gasteiger charge is 2.30. The number of carbonyl (C=O) groups excluding carboxylic acids is 1. The van der Waals surface area contributed by atoms with Gasteiger partial charge in [0, 0.05) is 6.54 Å². The van der Waals surface area contributed by atoms with Gasteiger partial charge in [-0.1, -0.05) is 6.92 Å². The molecule has 74 valence electrons. The molecule has 1 rings (SSSR count). The van der Waals surface area contributed by atoms with Gasteiger partial charge in [-0.2, -0.15) is 0 Å². The highest BCUT2D eigenvalue weighted by Crippen LogP contribution is 2.17. The van der Waals surface area contributed by atoms with Crippen LogP contribution in [-0.4, -0.2) is 40.1 Å². The van der Waals surface area contributed by atoms with E-state index in [1.54, 1.807) is 6.92 Å². The van der Waals surface area contributed by atoms with Gasteiger partial charge in [-0.3, -0.25) is 4.79 Å². The number of hydrogen-bond donors (Lipinski definition) is 2. The first kappa shape index (κ1) is 10.1. The quantitative estimate of drug-likeness (QED) is 0.655. The number of aliphatic hydroxyl groups is 2.